The van der Waals surface area contributed by atoms with Crippen LogP contribution >= 0.6 is 0 Å². The van der Waals surface area contributed by atoms with E-state index in [1.54, 1.807) is 17.0 Å². The van der Waals surface area contributed by atoms with E-state index >= 15 is 0 Å². The SMILES string of the molecule is CCOc1ccc(NC(=O)C2CCN(C(=O)c3cc(OC)c(OC)c(OC)c3)CC2)cc1. The van der Waals surface area contributed by atoms with Crippen molar-refractivity contribution in [2.45, 2.75) is 19.8 Å². The van der Waals surface area contributed by atoms with Gasteiger partial charge in [-0.1, -0.05) is 0 Å². The van der Waals surface area contributed by atoms with E-state index in [0.717, 1.165) is 11.4 Å². The Labute approximate surface area is 188 Å². The summed E-state index contributed by atoms with van der Waals surface area (Å²) >= 11 is 0. The largest absolute Gasteiger partial charge is 0.494 e. The molecule has 0 unspecified atom stereocenters. The van der Waals surface area contributed by atoms with Gasteiger partial charge in [-0.2, -0.15) is 0 Å². The molecule has 0 aromatic heterocycles. The summed E-state index contributed by atoms with van der Waals surface area (Å²) in [6.45, 7) is 3.52. The number of ether oxygens (including phenoxy) is 4. The minimum atomic E-state index is -0.148. The fraction of sp³-hybridized carbons (Fsp3) is 0.417. The first-order valence-corrected chi connectivity index (χ1v) is 10.6. The van der Waals surface area contributed by atoms with Crippen molar-refractivity contribution < 1.29 is 28.5 Å². The molecule has 1 fully saturated rings. The number of benzene rings is 2. The zero-order valence-electron chi connectivity index (χ0n) is 19.0. The molecule has 1 saturated heterocycles. The summed E-state index contributed by atoms with van der Waals surface area (Å²) in [4.78, 5) is 27.5. The van der Waals surface area contributed by atoms with Crippen molar-refractivity contribution in [1.29, 1.82) is 0 Å². The van der Waals surface area contributed by atoms with Crippen molar-refractivity contribution in [1.82, 2.24) is 4.90 Å². The van der Waals surface area contributed by atoms with Crippen LogP contribution in [0.4, 0.5) is 5.69 Å². The predicted octanol–water partition coefficient (Wildman–Crippen LogP) is 3.60. The smallest absolute Gasteiger partial charge is 0.254 e. The first-order chi connectivity index (χ1) is 15.5. The van der Waals surface area contributed by atoms with Gasteiger partial charge in [-0.15, -0.1) is 0 Å². The molecular weight excluding hydrogens is 412 g/mol. The number of nitrogens with zero attached hydrogens (tertiary/aromatic N) is 1. The molecule has 0 aliphatic carbocycles. The van der Waals surface area contributed by atoms with E-state index < -0.39 is 0 Å². The van der Waals surface area contributed by atoms with Gasteiger partial charge in [0.1, 0.15) is 5.75 Å². The van der Waals surface area contributed by atoms with Crippen LogP contribution in [-0.4, -0.2) is 57.7 Å². The Hall–Kier alpha value is -3.42. The maximum Gasteiger partial charge on any atom is 0.254 e. The number of anilines is 1. The maximum atomic E-state index is 13.0. The number of carbonyl (C=O) groups excluding carboxylic acids is 2. The number of rotatable bonds is 8. The Kier molecular flexibility index (Phi) is 7.81. The number of nitrogens with one attached hydrogen (secondary N) is 1. The van der Waals surface area contributed by atoms with Crippen molar-refractivity contribution in [3.63, 3.8) is 0 Å². The first kappa shape index (κ1) is 23.2. The molecule has 8 nitrogen and oxygen atoms in total. The van der Waals surface area contributed by atoms with E-state index in [-0.39, 0.29) is 17.7 Å². The number of methoxy groups -OCH3 is 3. The average Bonchev–Trinajstić information content (AvgIpc) is 2.84. The summed E-state index contributed by atoms with van der Waals surface area (Å²) in [6, 6.07) is 10.6. The molecule has 0 saturated carbocycles. The van der Waals surface area contributed by atoms with Gasteiger partial charge >= 0.3 is 0 Å². The van der Waals surface area contributed by atoms with Gasteiger partial charge in [-0.3, -0.25) is 9.59 Å². The molecule has 0 atom stereocenters. The standard InChI is InChI=1S/C24H30N2O6/c1-5-32-19-8-6-18(7-9-19)25-23(27)16-10-12-26(13-11-16)24(28)17-14-20(29-2)22(31-4)21(15-17)30-3/h6-9,14-16H,5,10-13H2,1-4H3,(H,25,27). The molecule has 0 radical (unpaired) electrons. The number of hydrogen-bond acceptors (Lipinski definition) is 6. The topological polar surface area (TPSA) is 86.3 Å². The lowest BCUT2D eigenvalue weighted by atomic mass is 9.95. The Bertz CT molecular complexity index is 911. The van der Waals surface area contributed by atoms with Gasteiger partial charge in [0.25, 0.3) is 5.91 Å². The second-order valence-corrected chi connectivity index (χ2v) is 7.43. The number of piperidine rings is 1. The van der Waals surface area contributed by atoms with Crippen molar-refractivity contribution in [3.05, 3.63) is 42.0 Å². The molecule has 1 aliphatic rings. The lowest BCUT2D eigenvalue weighted by Crippen LogP contribution is -2.41. The highest BCUT2D eigenvalue weighted by Gasteiger charge is 2.29. The fourth-order valence-electron chi connectivity index (χ4n) is 3.78. The molecule has 2 aromatic carbocycles. The maximum absolute atomic E-state index is 13.0. The van der Waals surface area contributed by atoms with Crippen LogP contribution in [0.5, 0.6) is 23.0 Å². The minimum absolute atomic E-state index is 0.0333. The zero-order valence-corrected chi connectivity index (χ0v) is 19.0. The second kappa shape index (κ2) is 10.7. The van der Waals surface area contributed by atoms with E-state index in [1.807, 2.05) is 31.2 Å². The second-order valence-electron chi connectivity index (χ2n) is 7.43. The van der Waals surface area contributed by atoms with Crippen LogP contribution in [0, 0.1) is 5.92 Å². The summed E-state index contributed by atoms with van der Waals surface area (Å²) in [5.74, 6) is 1.76. The molecular formula is C24H30N2O6. The van der Waals surface area contributed by atoms with Gasteiger partial charge in [-0.25, -0.2) is 0 Å². The zero-order chi connectivity index (χ0) is 23.1. The molecule has 1 aliphatic heterocycles. The summed E-state index contributed by atoms with van der Waals surface area (Å²) < 4.78 is 21.4. The third-order valence-corrected chi connectivity index (χ3v) is 5.50. The van der Waals surface area contributed by atoms with Crippen LogP contribution in [0.15, 0.2) is 36.4 Å². The quantitative estimate of drug-likeness (QED) is 0.672. The Balaban J connectivity index is 1.60. The average molecular weight is 443 g/mol. The normalized spacial score (nSPS) is 13.9. The lowest BCUT2D eigenvalue weighted by molar-refractivity contribution is -0.121. The Morgan fingerprint density at radius 3 is 2.06 bits per heavy atom. The van der Waals surface area contributed by atoms with E-state index in [0.29, 0.717) is 55.4 Å². The van der Waals surface area contributed by atoms with Crippen LogP contribution < -0.4 is 24.3 Å². The van der Waals surface area contributed by atoms with E-state index in [4.69, 9.17) is 18.9 Å². The summed E-state index contributed by atoms with van der Waals surface area (Å²) in [7, 11) is 4.55. The molecule has 0 spiro atoms. The Morgan fingerprint density at radius 2 is 1.56 bits per heavy atom. The lowest BCUT2D eigenvalue weighted by Gasteiger charge is -2.31. The molecule has 3 rings (SSSR count). The molecule has 2 amide bonds. The minimum Gasteiger partial charge on any atom is -0.494 e. The van der Waals surface area contributed by atoms with Gasteiger partial charge < -0.3 is 29.2 Å². The third kappa shape index (κ3) is 5.25. The van der Waals surface area contributed by atoms with Gasteiger partial charge in [0.15, 0.2) is 11.5 Å². The molecule has 2 aromatic rings. The molecule has 172 valence electrons. The van der Waals surface area contributed by atoms with Crippen LogP contribution in [0.1, 0.15) is 30.1 Å². The highest BCUT2D eigenvalue weighted by Crippen LogP contribution is 2.38. The van der Waals surface area contributed by atoms with Crippen LogP contribution in [0.3, 0.4) is 0 Å². The van der Waals surface area contributed by atoms with Crippen molar-refractivity contribution in [2.75, 3.05) is 46.3 Å². The molecule has 32 heavy (non-hydrogen) atoms. The summed E-state index contributed by atoms with van der Waals surface area (Å²) in [5, 5.41) is 2.95. The van der Waals surface area contributed by atoms with Gasteiger partial charge in [0.2, 0.25) is 11.7 Å². The third-order valence-electron chi connectivity index (χ3n) is 5.50. The molecule has 1 N–H and O–H groups in total. The molecule has 0 bridgehead atoms. The van der Waals surface area contributed by atoms with Gasteiger partial charge in [-0.05, 0) is 56.2 Å². The highest BCUT2D eigenvalue weighted by molar-refractivity contribution is 5.96. The number of carbonyl (C=O) groups is 2. The van der Waals surface area contributed by atoms with Crippen molar-refractivity contribution >= 4 is 17.5 Å². The first-order valence-electron chi connectivity index (χ1n) is 10.6. The predicted molar refractivity (Wildman–Crippen MR) is 121 cm³/mol. The monoisotopic (exact) mass is 442 g/mol. The number of amides is 2. The number of hydrogen-bond donors (Lipinski definition) is 1. The number of likely N-dealkylation sites (tertiary alicyclic amines) is 1. The van der Waals surface area contributed by atoms with Crippen LogP contribution in [-0.2, 0) is 4.79 Å². The van der Waals surface area contributed by atoms with Crippen molar-refractivity contribution in [3.8, 4) is 23.0 Å². The van der Waals surface area contributed by atoms with E-state index in [9.17, 15) is 9.59 Å². The van der Waals surface area contributed by atoms with E-state index in [2.05, 4.69) is 5.32 Å². The van der Waals surface area contributed by atoms with Crippen LogP contribution in [0.25, 0.3) is 0 Å². The molecule has 8 heteroatoms. The summed E-state index contributed by atoms with van der Waals surface area (Å²) in [6.07, 6.45) is 1.19. The molecule has 1 heterocycles. The van der Waals surface area contributed by atoms with Gasteiger partial charge in [0, 0.05) is 30.3 Å². The fourth-order valence-corrected chi connectivity index (χ4v) is 3.78. The van der Waals surface area contributed by atoms with Gasteiger partial charge in [0.05, 0.1) is 27.9 Å². The summed E-state index contributed by atoms with van der Waals surface area (Å²) in [5.41, 5.74) is 1.19. The van der Waals surface area contributed by atoms with Crippen molar-refractivity contribution in [2.24, 2.45) is 5.92 Å². The van der Waals surface area contributed by atoms with E-state index in [1.165, 1.54) is 21.3 Å². The highest BCUT2D eigenvalue weighted by atomic mass is 16.5. The van der Waals surface area contributed by atoms with Crippen LogP contribution in [0.2, 0.25) is 0 Å². The Morgan fingerprint density at radius 1 is 0.969 bits per heavy atom.